The Morgan fingerprint density at radius 2 is 1.70 bits per heavy atom. The fourth-order valence-corrected chi connectivity index (χ4v) is 4.45. The second-order valence-corrected chi connectivity index (χ2v) is 7.47. The van der Waals surface area contributed by atoms with Crippen LogP contribution in [0.5, 0.6) is 0 Å². The predicted molar refractivity (Wildman–Crippen MR) is 102 cm³/mol. The van der Waals surface area contributed by atoms with Crippen molar-refractivity contribution in [3.63, 3.8) is 0 Å². The first kappa shape index (κ1) is 18.5. The Labute approximate surface area is 144 Å². The summed E-state index contributed by atoms with van der Waals surface area (Å²) in [5.74, 6) is 0.719. The molecule has 1 aromatic carbocycles. The predicted octanol–water partition coefficient (Wildman–Crippen LogP) is 6.39. The molecule has 1 nitrogen and oxygen atoms in total. The Bertz CT molecular complexity index is 413. The minimum Gasteiger partial charge on any atom is -0.300 e. The highest BCUT2D eigenvalue weighted by molar-refractivity contribution is 5.22. The molecule has 0 radical (unpaired) electrons. The van der Waals surface area contributed by atoms with Gasteiger partial charge in [-0.2, -0.15) is 0 Å². The number of nitrogens with zero attached hydrogens (tertiary/aromatic N) is 1. The molecule has 1 heterocycles. The second kappa shape index (κ2) is 10.1. The maximum atomic E-state index is 2.73. The van der Waals surface area contributed by atoms with Crippen LogP contribution in [-0.4, -0.2) is 24.0 Å². The van der Waals surface area contributed by atoms with Crippen molar-refractivity contribution >= 4 is 0 Å². The van der Waals surface area contributed by atoms with Crippen LogP contribution in [0.25, 0.3) is 0 Å². The van der Waals surface area contributed by atoms with E-state index in [0.29, 0.717) is 0 Å². The SMILES string of the molecule is CCCCCCC[C@H]1CC[C@H]([C@H](CCC)c2ccccc2)N1C. The average molecular weight is 316 g/mol. The molecule has 0 spiro atoms. The Balaban J connectivity index is 1.89. The van der Waals surface area contributed by atoms with E-state index in [9.17, 15) is 0 Å². The molecule has 1 heteroatoms. The molecule has 3 atom stereocenters. The molecule has 1 aromatic rings. The molecule has 0 amide bonds. The monoisotopic (exact) mass is 315 g/mol. The summed E-state index contributed by atoms with van der Waals surface area (Å²) < 4.78 is 0. The van der Waals surface area contributed by atoms with Gasteiger partial charge >= 0.3 is 0 Å². The molecule has 0 aliphatic carbocycles. The van der Waals surface area contributed by atoms with Crippen LogP contribution in [0.3, 0.4) is 0 Å². The minimum absolute atomic E-state index is 0.719. The summed E-state index contributed by atoms with van der Waals surface area (Å²) in [6.45, 7) is 4.63. The van der Waals surface area contributed by atoms with Gasteiger partial charge < -0.3 is 0 Å². The first-order valence-electron chi connectivity index (χ1n) is 10.0. The summed E-state index contributed by atoms with van der Waals surface area (Å²) in [7, 11) is 2.39. The van der Waals surface area contributed by atoms with Gasteiger partial charge in [-0.3, -0.25) is 4.90 Å². The molecule has 0 aromatic heterocycles. The lowest BCUT2D eigenvalue weighted by Crippen LogP contribution is -2.36. The minimum atomic E-state index is 0.719. The third-order valence-electron chi connectivity index (χ3n) is 5.83. The van der Waals surface area contributed by atoms with E-state index in [2.05, 4.69) is 56.1 Å². The van der Waals surface area contributed by atoms with Gasteiger partial charge in [0, 0.05) is 12.1 Å². The zero-order chi connectivity index (χ0) is 16.5. The highest BCUT2D eigenvalue weighted by Crippen LogP contribution is 2.37. The fraction of sp³-hybridized carbons (Fsp3) is 0.727. The van der Waals surface area contributed by atoms with Gasteiger partial charge in [0.25, 0.3) is 0 Å². The topological polar surface area (TPSA) is 3.24 Å². The van der Waals surface area contributed by atoms with E-state index in [4.69, 9.17) is 0 Å². The van der Waals surface area contributed by atoms with Crippen LogP contribution < -0.4 is 0 Å². The van der Waals surface area contributed by atoms with Gasteiger partial charge in [-0.05, 0) is 44.2 Å². The van der Waals surface area contributed by atoms with Crippen molar-refractivity contribution in [3.05, 3.63) is 35.9 Å². The van der Waals surface area contributed by atoms with Crippen LogP contribution in [0.4, 0.5) is 0 Å². The average Bonchev–Trinajstić information content (AvgIpc) is 2.94. The van der Waals surface area contributed by atoms with Crippen molar-refractivity contribution in [1.82, 2.24) is 4.90 Å². The van der Waals surface area contributed by atoms with E-state index in [1.807, 2.05) is 0 Å². The lowest BCUT2D eigenvalue weighted by atomic mass is 9.86. The maximum Gasteiger partial charge on any atom is 0.0164 e. The number of likely N-dealkylation sites (tertiary alicyclic amines) is 1. The molecular weight excluding hydrogens is 278 g/mol. The molecule has 1 fully saturated rings. The summed E-state index contributed by atoms with van der Waals surface area (Å²) in [6.07, 6.45) is 13.8. The first-order chi connectivity index (χ1) is 11.3. The highest BCUT2D eigenvalue weighted by Gasteiger charge is 2.35. The first-order valence-corrected chi connectivity index (χ1v) is 10.0. The van der Waals surface area contributed by atoms with Crippen molar-refractivity contribution < 1.29 is 0 Å². The Morgan fingerprint density at radius 1 is 0.957 bits per heavy atom. The molecule has 130 valence electrons. The van der Waals surface area contributed by atoms with E-state index in [1.54, 1.807) is 5.56 Å². The van der Waals surface area contributed by atoms with Gasteiger partial charge in [0.1, 0.15) is 0 Å². The van der Waals surface area contributed by atoms with Gasteiger partial charge in [-0.1, -0.05) is 82.7 Å². The van der Waals surface area contributed by atoms with Crippen LogP contribution >= 0.6 is 0 Å². The summed E-state index contributed by atoms with van der Waals surface area (Å²) in [5, 5.41) is 0. The van der Waals surface area contributed by atoms with E-state index in [1.165, 1.54) is 64.2 Å². The second-order valence-electron chi connectivity index (χ2n) is 7.47. The molecule has 0 bridgehead atoms. The van der Waals surface area contributed by atoms with Crippen molar-refractivity contribution in [2.24, 2.45) is 0 Å². The van der Waals surface area contributed by atoms with E-state index < -0.39 is 0 Å². The number of likely N-dealkylation sites (N-methyl/N-ethyl adjacent to an activating group) is 1. The molecule has 23 heavy (non-hydrogen) atoms. The van der Waals surface area contributed by atoms with Crippen LogP contribution in [0, 0.1) is 0 Å². The quantitative estimate of drug-likeness (QED) is 0.452. The van der Waals surface area contributed by atoms with Crippen molar-refractivity contribution in [2.45, 2.75) is 96.1 Å². The van der Waals surface area contributed by atoms with Gasteiger partial charge in [-0.25, -0.2) is 0 Å². The van der Waals surface area contributed by atoms with Gasteiger partial charge in [-0.15, -0.1) is 0 Å². The normalized spacial score (nSPS) is 23.3. The van der Waals surface area contributed by atoms with Crippen LogP contribution in [0.15, 0.2) is 30.3 Å². The highest BCUT2D eigenvalue weighted by atomic mass is 15.2. The van der Waals surface area contributed by atoms with Crippen molar-refractivity contribution in [1.29, 1.82) is 0 Å². The van der Waals surface area contributed by atoms with Crippen LogP contribution in [0.2, 0.25) is 0 Å². The number of rotatable bonds is 10. The van der Waals surface area contributed by atoms with E-state index in [0.717, 1.165) is 18.0 Å². The molecule has 1 saturated heterocycles. The Hall–Kier alpha value is -0.820. The van der Waals surface area contributed by atoms with Crippen molar-refractivity contribution in [2.75, 3.05) is 7.05 Å². The summed E-state index contributed by atoms with van der Waals surface area (Å²) >= 11 is 0. The van der Waals surface area contributed by atoms with Crippen LogP contribution in [0.1, 0.15) is 89.5 Å². The zero-order valence-corrected chi connectivity index (χ0v) is 15.6. The van der Waals surface area contributed by atoms with Crippen molar-refractivity contribution in [3.8, 4) is 0 Å². The molecule has 1 aliphatic heterocycles. The number of hydrogen-bond acceptors (Lipinski definition) is 1. The lowest BCUT2D eigenvalue weighted by Gasteiger charge is -2.32. The zero-order valence-electron chi connectivity index (χ0n) is 15.6. The molecule has 0 N–H and O–H groups in total. The Morgan fingerprint density at radius 3 is 2.39 bits per heavy atom. The summed E-state index contributed by atoms with van der Waals surface area (Å²) in [4.78, 5) is 2.73. The van der Waals surface area contributed by atoms with E-state index in [-0.39, 0.29) is 0 Å². The molecular formula is C22H37N. The third-order valence-corrected chi connectivity index (χ3v) is 5.83. The van der Waals surface area contributed by atoms with Gasteiger partial charge in [0.15, 0.2) is 0 Å². The molecule has 0 unspecified atom stereocenters. The van der Waals surface area contributed by atoms with Gasteiger partial charge in [0.05, 0.1) is 0 Å². The number of hydrogen-bond donors (Lipinski definition) is 0. The number of unbranched alkanes of at least 4 members (excludes halogenated alkanes) is 4. The maximum absolute atomic E-state index is 2.73. The third kappa shape index (κ3) is 5.35. The smallest absolute Gasteiger partial charge is 0.0164 e. The number of benzene rings is 1. The lowest BCUT2D eigenvalue weighted by molar-refractivity contribution is 0.198. The summed E-state index contributed by atoms with van der Waals surface area (Å²) in [6, 6.07) is 12.8. The van der Waals surface area contributed by atoms with E-state index >= 15 is 0 Å². The molecule has 2 rings (SSSR count). The fourth-order valence-electron chi connectivity index (χ4n) is 4.45. The Kier molecular flexibility index (Phi) is 8.16. The van der Waals surface area contributed by atoms with Crippen LogP contribution in [-0.2, 0) is 0 Å². The standard InChI is InChI=1S/C22H37N/c1-4-6-7-8-12-16-20-17-18-22(23(20)3)21(13-5-2)19-14-10-9-11-15-19/h9-11,14-15,20-22H,4-8,12-13,16-18H2,1-3H3/t20-,21+,22+/m0/s1. The largest absolute Gasteiger partial charge is 0.300 e. The molecule has 0 saturated carbocycles. The summed E-state index contributed by atoms with van der Waals surface area (Å²) in [5.41, 5.74) is 1.55. The van der Waals surface area contributed by atoms with Gasteiger partial charge in [0.2, 0.25) is 0 Å². The molecule has 1 aliphatic rings.